The Morgan fingerprint density at radius 3 is 2.87 bits per heavy atom. The number of nitriles is 1. The summed E-state index contributed by atoms with van der Waals surface area (Å²) in [6.07, 6.45) is 2.86. The normalized spacial score (nSPS) is 25.6. The van der Waals surface area contributed by atoms with E-state index in [2.05, 4.69) is 53.9 Å². The quantitative estimate of drug-likeness (QED) is 0.895. The summed E-state index contributed by atoms with van der Waals surface area (Å²) < 4.78 is 6.17. The lowest BCUT2D eigenvalue weighted by Gasteiger charge is -2.43. The standard InChI is InChI=1S/C20H20N2O/c21-11-10-14-8-9-18-17(13-14)20-16(7-4-12-23-20)19(22-18)15-5-2-1-3-6-15/h1-3,5-6,8-9,13,16,19-20,22H,4,7,10,12H2/t16-,19-,20?/m0/s1. The van der Waals surface area contributed by atoms with Crippen LogP contribution < -0.4 is 5.32 Å². The zero-order chi connectivity index (χ0) is 15.6. The van der Waals surface area contributed by atoms with Crippen molar-refractivity contribution in [2.24, 2.45) is 5.92 Å². The van der Waals surface area contributed by atoms with Gasteiger partial charge in [-0.3, -0.25) is 0 Å². The monoisotopic (exact) mass is 304 g/mol. The van der Waals surface area contributed by atoms with Gasteiger partial charge in [-0.05, 0) is 30.0 Å². The Kier molecular flexibility index (Phi) is 3.77. The molecule has 0 aliphatic carbocycles. The van der Waals surface area contributed by atoms with Gasteiger partial charge < -0.3 is 10.1 Å². The average molecular weight is 304 g/mol. The molecule has 2 heterocycles. The van der Waals surface area contributed by atoms with E-state index in [9.17, 15) is 0 Å². The summed E-state index contributed by atoms with van der Waals surface area (Å²) in [5.74, 6) is 0.441. The summed E-state index contributed by atoms with van der Waals surface area (Å²) in [6.45, 7) is 0.824. The van der Waals surface area contributed by atoms with Crippen LogP contribution in [-0.4, -0.2) is 6.61 Å². The number of rotatable bonds is 2. The molecule has 116 valence electrons. The molecular formula is C20H20N2O. The molecule has 0 radical (unpaired) electrons. The third-order valence-corrected chi connectivity index (χ3v) is 4.97. The number of nitrogens with one attached hydrogen (secondary N) is 1. The highest BCUT2D eigenvalue weighted by Crippen LogP contribution is 2.49. The van der Waals surface area contributed by atoms with Gasteiger partial charge in [-0.25, -0.2) is 0 Å². The second kappa shape index (κ2) is 6.06. The summed E-state index contributed by atoms with van der Waals surface area (Å²) in [4.78, 5) is 0. The average Bonchev–Trinajstić information content (AvgIpc) is 2.62. The van der Waals surface area contributed by atoms with Crippen LogP contribution in [0.4, 0.5) is 5.69 Å². The van der Waals surface area contributed by atoms with E-state index < -0.39 is 0 Å². The first-order chi connectivity index (χ1) is 11.4. The fourth-order valence-corrected chi connectivity index (χ4v) is 3.91. The maximum atomic E-state index is 8.95. The molecule has 1 fully saturated rings. The van der Waals surface area contributed by atoms with Crippen LogP contribution in [0.1, 0.15) is 41.7 Å². The molecule has 1 saturated heterocycles. The summed E-state index contributed by atoms with van der Waals surface area (Å²) in [6, 6.07) is 19.5. The summed E-state index contributed by atoms with van der Waals surface area (Å²) in [7, 11) is 0. The SMILES string of the molecule is N#CCc1ccc2c(c1)C1OCCC[C@H]1[C@H](c1ccccc1)N2. The van der Waals surface area contributed by atoms with Crippen LogP contribution in [0.3, 0.4) is 0 Å². The zero-order valence-electron chi connectivity index (χ0n) is 13.0. The largest absolute Gasteiger partial charge is 0.378 e. The summed E-state index contributed by atoms with van der Waals surface area (Å²) in [5, 5.41) is 12.7. The number of hydrogen-bond acceptors (Lipinski definition) is 3. The Hall–Kier alpha value is -2.31. The van der Waals surface area contributed by atoms with Crippen molar-refractivity contribution in [3.05, 3.63) is 65.2 Å². The van der Waals surface area contributed by atoms with Crippen LogP contribution in [0, 0.1) is 17.2 Å². The van der Waals surface area contributed by atoms with Crippen molar-refractivity contribution in [1.29, 1.82) is 5.26 Å². The van der Waals surface area contributed by atoms with Crippen molar-refractivity contribution in [3.63, 3.8) is 0 Å². The van der Waals surface area contributed by atoms with E-state index in [1.54, 1.807) is 0 Å². The highest BCUT2D eigenvalue weighted by atomic mass is 16.5. The topological polar surface area (TPSA) is 45.0 Å². The molecule has 23 heavy (non-hydrogen) atoms. The molecule has 0 saturated carbocycles. The second-order valence-electron chi connectivity index (χ2n) is 6.39. The van der Waals surface area contributed by atoms with Crippen molar-refractivity contribution < 1.29 is 4.74 Å². The lowest BCUT2D eigenvalue weighted by Crippen LogP contribution is -2.36. The Morgan fingerprint density at radius 2 is 2.04 bits per heavy atom. The van der Waals surface area contributed by atoms with E-state index >= 15 is 0 Å². The molecule has 1 N–H and O–H groups in total. The Balaban J connectivity index is 1.75. The van der Waals surface area contributed by atoms with Crippen LogP contribution in [0.5, 0.6) is 0 Å². The highest BCUT2D eigenvalue weighted by Gasteiger charge is 2.39. The van der Waals surface area contributed by atoms with E-state index in [0.29, 0.717) is 12.3 Å². The molecule has 2 aromatic rings. The number of ether oxygens (including phenoxy) is 1. The molecule has 0 bridgehead atoms. The van der Waals surface area contributed by atoms with Crippen molar-refractivity contribution >= 4 is 5.69 Å². The first-order valence-corrected chi connectivity index (χ1v) is 8.29. The Bertz CT molecular complexity index is 735. The molecule has 0 aromatic heterocycles. The third kappa shape index (κ3) is 2.60. The van der Waals surface area contributed by atoms with E-state index in [1.807, 2.05) is 6.07 Å². The third-order valence-electron chi connectivity index (χ3n) is 4.97. The predicted octanol–water partition coefficient (Wildman–Crippen LogP) is 4.39. The van der Waals surface area contributed by atoms with Crippen LogP contribution in [0.15, 0.2) is 48.5 Å². The zero-order valence-corrected chi connectivity index (χ0v) is 13.0. The fraction of sp³-hybridized carbons (Fsp3) is 0.350. The smallest absolute Gasteiger partial charge is 0.0895 e. The van der Waals surface area contributed by atoms with Gasteiger partial charge in [0.05, 0.1) is 24.6 Å². The molecule has 0 spiro atoms. The van der Waals surface area contributed by atoms with Gasteiger partial charge in [-0.2, -0.15) is 5.26 Å². The Labute approximate surface area is 136 Å². The number of anilines is 1. The van der Waals surface area contributed by atoms with Crippen molar-refractivity contribution in [3.8, 4) is 6.07 Å². The lowest BCUT2D eigenvalue weighted by molar-refractivity contribution is -0.0381. The van der Waals surface area contributed by atoms with Crippen molar-refractivity contribution in [2.45, 2.75) is 31.4 Å². The van der Waals surface area contributed by atoms with E-state index in [1.165, 1.54) is 17.5 Å². The fourth-order valence-electron chi connectivity index (χ4n) is 3.91. The molecule has 3 atom stereocenters. The molecule has 3 heteroatoms. The molecule has 1 unspecified atom stereocenters. The van der Waals surface area contributed by atoms with Gasteiger partial charge in [0.2, 0.25) is 0 Å². The highest BCUT2D eigenvalue weighted by molar-refractivity contribution is 5.58. The molecule has 4 rings (SSSR count). The van der Waals surface area contributed by atoms with E-state index in [0.717, 1.165) is 24.3 Å². The lowest BCUT2D eigenvalue weighted by atomic mass is 9.77. The maximum Gasteiger partial charge on any atom is 0.0895 e. The van der Waals surface area contributed by atoms with Crippen LogP contribution >= 0.6 is 0 Å². The predicted molar refractivity (Wildman–Crippen MR) is 90.0 cm³/mol. The first kappa shape index (κ1) is 14.3. The molecule has 2 aliphatic rings. The van der Waals surface area contributed by atoms with Gasteiger partial charge in [0.25, 0.3) is 0 Å². The minimum absolute atomic E-state index is 0.129. The number of hydrogen-bond donors (Lipinski definition) is 1. The van der Waals surface area contributed by atoms with Gasteiger partial charge >= 0.3 is 0 Å². The molecule has 3 nitrogen and oxygen atoms in total. The molecule has 0 amide bonds. The van der Waals surface area contributed by atoms with Gasteiger partial charge in [0, 0.05) is 23.8 Å². The Morgan fingerprint density at radius 1 is 1.17 bits per heavy atom. The van der Waals surface area contributed by atoms with Crippen LogP contribution in [0.25, 0.3) is 0 Å². The minimum Gasteiger partial charge on any atom is -0.378 e. The first-order valence-electron chi connectivity index (χ1n) is 8.29. The number of fused-ring (bicyclic) bond motifs is 3. The summed E-state index contributed by atoms with van der Waals surface area (Å²) in [5.41, 5.74) is 4.75. The number of benzene rings is 2. The maximum absolute atomic E-state index is 8.95. The van der Waals surface area contributed by atoms with Gasteiger partial charge in [0.1, 0.15) is 0 Å². The van der Waals surface area contributed by atoms with Gasteiger partial charge in [-0.15, -0.1) is 0 Å². The van der Waals surface area contributed by atoms with E-state index in [4.69, 9.17) is 10.00 Å². The van der Waals surface area contributed by atoms with Crippen molar-refractivity contribution in [1.82, 2.24) is 0 Å². The van der Waals surface area contributed by atoms with Gasteiger partial charge in [-0.1, -0.05) is 42.5 Å². The molecule has 2 aromatic carbocycles. The van der Waals surface area contributed by atoms with Crippen molar-refractivity contribution in [2.75, 3.05) is 11.9 Å². The molecule has 2 aliphatic heterocycles. The minimum atomic E-state index is 0.129. The van der Waals surface area contributed by atoms with Gasteiger partial charge in [0.15, 0.2) is 0 Å². The molecular weight excluding hydrogens is 284 g/mol. The van der Waals surface area contributed by atoms with Crippen LogP contribution in [-0.2, 0) is 11.2 Å². The van der Waals surface area contributed by atoms with Crippen LogP contribution in [0.2, 0.25) is 0 Å². The summed E-state index contributed by atoms with van der Waals surface area (Å²) >= 11 is 0. The second-order valence-corrected chi connectivity index (χ2v) is 6.39. The van der Waals surface area contributed by atoms with E-state index in [-0.39, 0.29) is 12.1 Å². The number of nitrogens with zero attached hydrogens (tertiary/aromatic N) is 1.